The topological polar surface area (TPSA) is 3.24 Å². The summed E-state index contributed by atoms with van der Waals surface area (Å²) in [6, 6.07) is -1.33. The molecule has 68 valence electrons. The molecule has 1 nitrogen and oxygen atoms in total. The predicted molar refractivity (Wildman–Crippen MR) is 38.4 cm³/mol. The van der Waals surface area contributed by atoms with Gasteiger partial charge in [-0.3, -0.25) is 4.90 Å². The summed E-state index contributed by atoms with van der Waals surface area (Å²) < 4.78 is 35.9. The third-order valence-corrected chi connectivity index (χ3v) is 1.71. The normalized spacial score (nSPS) is 15.5. The average Bonchev–Trinajstić information content (AvgIpc) is 1.85. The van der Waals surface area contributed by atoms with Crippen molar-refractivity contribution >= 4 is 0 Å². The number of halogens is 3. The quantitative estimate of drug-likeness (QED) is 0.626. The van der Waals surface area contributed by atoms with Crippen LogP contribution in [0.5, 0.6) is 0 Å². The molecule has 0 aromatic heterocycles. The van der Waals surface area contributed by atoms with Crippen molar-refractivity contribution in [3.8, 4) is 0 Å². The molecule has 0 heterocycles. The monoisotopic (exact) mass is 169 g/mol. The van der Waals surface area contributed by atoms with E-state index in [9.17, 15) is 13.2 Å². The summed E-state index contributed by atoms with van der Waals surface area (Å²) in [6.45, 7) is 3.52. The molecule has 0 radical (unpaired) electrons. The summed E-state index contributed by atoms with van der Waals surface area (Å²) in [5.74, 6) is 0. The van der Waals surface area contributed by atoms with Gasteiger partial charge in [0, 0.05) is 0 Å². The second kappa shape index (κ2) is 3.95. The molecule has 0 aromatic rings. The average molecular weight is 169 g/mol. The van der Waals surface area contributed by atoms with E-state index in [0.717, 1.165) is 6.42 Å². The lowest BCUT2D eigenvalue weighted by Crippen LogP contribution is -2.41. The Hall–Kier alpha value is -0.250. The molecule has 0 spiro atoms. The van der Waals surface area contributed by atoms with Gasteiger partial charge in [0.05, 0.1) is 0 Å². The Kier molecular flexibility index (Phi) is 3.86. The molecule has 0 aliphatic heterocycles. The van der Waals surface area contributed by atoms with Gasteiger partial charge < -0.3 is 0 Å². The van der Waals surface area contributed by atoms with E-state index in [0.29, 0.717) is 6.54 Å². The smallest absolute Gasteiger partial charge is 0.296 e. The molecule has 0 fully saturated rings. The third kappa shape index (κ3) is 3.60. The van der Waals surface area contributed by atoms with Gasteiger partial charge in [0.1, 0.15) is 6.04 Å². The maximum Gasteiger partial charge on any atom is 0.403 e. The maximum absolute atomic E-state index is 12.0. The second-order valence-corrected chi connectivity index (χ2v) is 2.70. The van der Waals surface area contributed by atoms with Crippen LogP contribution in [-0.2, 0) is 0 Å². The van der Waals surface area contributed by atoms with Gasteiger partial charge in [-0.25, -0.2) is 0 Å². The van der Waals surface area contributed by atoms with Gasteiger partial charge in [-0.05, 0) is 26.9 Å². The van der Waals surface area contributed by atoms with E-state index in [4.69, 9.17) is 0 Å². The predicted octanol–water partition coefficient (Wildman–Crippen LogP) is 2.28. The van der Waals surface area contributed by atoms with E-state index >= 15 is 0 Å². The van der Waals surface area contributed by atoms with Crippen LogP contribution in [-0.4, -0.2) is 30.7 Å². The fourth-order valence-electron chi connectivity index (χ4n) is 0.796. The molecule has 1 atom stereocenters. The SMILES string of the molecule is CCCN(C)C(C)C(F)(F)F. The standard InChI is InChI=1S/C7H14F3N/c1-4-5-11(3)6(2)7(8,9)10/h6H,4-5H2,1-3H3. The Morgan fingerprint density at radius 2 is 1.82 bits per heavy atom. The minimum absolute atomic E-state index is 0.487. The van der Waals surface area contributed by atoms with Gasteiger partial charge in [0.2, 0.25) is 0 Å². The lowest BCUT2D eigenvalue weighted by atomic mass is 10.3. The molecule has 11 heavy (non-hydrogen) atoms. The number of nitrogens with zero attached hydrogens (tertiary/aromatic N) is 1. The molecule has 0 N–H and O–H groups in total. The van der Waals surface area contributed by atoms with Crippen LogP contribution in [0.4, 0.5) is 13.2 Å². The zero-order valence-corrected chi connectivity index (χ0v) is 7.07. The molecule has 0 aromatic carbocycles. The van der Waals surface area contributed by atoms with Gasteiger partial charge in [-0.15, -0.1) is 0 Å². The van der Waals surface area contributed by atoms with E-state index < -0.39 is 12.2 Å². The van der Waals surface area contributed by atoms with Crippen LogP contribution in [0.1, 0.15) is 20.3 Å². The van der Waals surface area contributed by atoms with E-state index in [1.54, 1.807) is 0 Å². The van der Waals surface area contributed by atoms with Gasteiger partial charge in [0.15, 0.2) is 0 Å². The van der Waals surface area contributed by atoms with Crippen molar-refractivity contribution in [2.24, 2.45) is 0 Å². The molecular formula is C7H14F3N. The summed E-state index contributed by atoms with van der Waals surface area (Å²) in [5, 5.41) is 0. The van der Waals surface area contributed by atoms with Crippen LogP contribution in [0, 0.1) is 0 Å². The summed E-state index contributed by atoms with van der Waals surface area (Å²) >= 11 is 0. The first-order valence-corrected chi connectivity index (χ1v) is 3.66. The Morgan fingerprint density at radius 1 is 1.36 bits per heavy atom. The first kappa shape index (κ1) is 10.8. The molecule has 0 aliphatic carbocycles. The highest BCUT2D eigenvalue weighted by Crippen LogP contribution is 2.23. The van der Waals surface area contributed by atoms with E-state index in [2.05, 4.69) is 0 Å². The van der Waals surface area contributed by atoms with Crippen molar-refractivity contribution in [1.82, 2.24) is 4.90 Å². The van der Waals surface area contributed by atoms with Crippen LogP contribution in [0.15, 0.2) is 0 Å². The lowest BCUT2D eigenvalue weighted by Gasteiger charge is -2.25. The van der Waals surface area contributed by atoms with E-state index in [1.165, 1.54) is 18.9 Å². The van der Waals surface area contributed by atoms with Crippen molar-refractivity contribution in [3.05, 3.63) is 0 Å². The molecular weight excluding hydrogens is 155 g/mol. The van der Waals surface area contributed by atoms with Gasteiger partial charge in [0.25, 0.3) is 0 Å². The van der Waals surface area contributed by atoms with Crippen LogP contribution >= 0.6 is 0 Å². The molecule has 0 aliphatic rings. The summed E-state index contributed by atoms with van der Waals surface area (Å²) in [6.07, 6.45) is -3.35. The Balaban J connectivity index is 3.91. The summed E-state index contributed by atoms with van der Waals surface area (Å²) in [5.41, 5.74) is 0. The molecule has 1 unspecified atom stereocenters. The molecule has 4 heteroatoms. The highest BCUT2D eigenvalue weighted by molar-refractivity contribution is 4.70. The third-order valence-electron chi connectivity index (χ3n) is 1.71. The zero-order chi connectivity index (χ0) is 9.07. The Labute approximate surface area is 65.2 Å². The van der Waals surface area contributed by atoms with E-state index in [-0.39, 0.29) is 0 Å². The Bertz CT molecular complexity index is 111. The number of hydrogen-bond acceptors (Lipinski definition) is 1. The highest BCUT2D eigenvalue weighted by Gasteiger charge is 2.38. The lowest BCUT2D eigenvalue weighted by molar-refractivity contribution is -0.175. The number of hydrogen-bond donors (Lipinski definition) is 0. The number of rotatable bonds is 3. The van der Waals surface area contributed by atoms with Gasteiger partial charge in [-0.1, -0.05) is 6.92 Å². The fourth-order valence-corrected chi connectivity index (χ4v) is 0.796. The second-order valence-electron chi connectivity index (χ2n) is 2.70. The Morgan fingerprint density at radius 3 is 2.09 bits per heavy atom. The molecule has 0 bridgehead atoms. The first-order valence-electron chi connectivity index (χ1n) is 3.66. The van der Waals surface area contributed by atoms with Crippen molar-refractivity contribution in [1.29, 1.82) is 0 Å². The summed E-state index contributed by atoms with van der Waals surface area (Å²) in [4.78, 5) is 1.31. The van der Waals surface area contributed by atoms with Crippen molar-refractivity contribution in [2.75, 3.05) is 13.6 Å². The highest BCUT2D eigenvalue weighted by atomic mass is 19.4. The minimum atomic E-state index is -4.09. The number of alkyl halides is 3. The van der Waals surface area contributed by atoms with Crippen LogP contribution in [0.25, 0.3) is 0 Å². The van der Waals surface area contributed by atoms with Crippen molar-refractivity contribution in [2.45, 2.75) is 32.5 Å². The summed E-state index contributed by atoms with van der Waals surface area (Å²) in [7, 11) is 1.49. The van der Waals surface area contributed by atoms with Gasteiger partial charge in [-0.2, -0.15) is 13.2 Å². The molecule has 0 saturated carbocycles. The maximum atomic E-state index is 12.0. The van der Waals surface area contributed by atoms with Crippen LogP contribution in [0.2, 0.25) is 0 Å². The van der Waals surface area contributed by atoms with Crippen LogP contribution < -0.4 is 0 Å². The first-order chi connectivity index (χ1) is 4.89. The van der Waals surface area contributed by atoms with Crippen LogP contribution in [0.3, 0.4) is 0 Å². The van der Waals surface area contributed by atoms with Crippen molar-refractivity contribution < 1.29 is 13.2 Å². The largest absolute Gasteiger partial charge is 0.403 e. The zero-order valence-electron chi connectivity index (χ0n) is 7.07. The van der Waals surface area contributed by atoms with Crippen molar-refractivity contribution in [3.63, 3.8) is 0 Å². The van der Waals surface area contributed by atoms with E-state index in [1.807, 2.05) is 6.92 Å². The molecule has 0 amide bonds. The fraction of sp³-hybridized carbons (Fsp3) is 1.00. The van der Waals surface area contributed by atoms with Gasteiger partial charge >= 0.3 is 6.18 Å². The minimum Gasteiger partial charge on any atom is -0.296 e. The molecule has 0 rings (SSSR count). The molecule has 0 saturated heterocycles.